The van der Waals surface area contributed by atoms with Crippen molar-refractivity contribution >= 4 is 17.0 Å². The van der Waals surface area contributed by atoms with Gasteiger partial charge in [-0.3, -0.25) is 5.10 Å². The molecule has 0 amide bonds. The van der Waals surface area contributed by atoms with Crippen LogP contribution >= 0.6 is 0 Å². The summed E-state index contributed by atoms with van der Waals surface area (Å²) in [6.07, 6.45) is 1.63. The van der Waals surface area contributed by atoms with Gasteiger partial charge in [-0.05, 0) is 0 Å². The van der Waals surface area contributed by atoms with E-state index in [1.807, 2.05) is 0 Å². The second-order valence-corrected chi connectivity index (χ2v) is 3.69. The van der Waals surface area contributed by atoms with Crippen LogP contribution in [0.3, 0.4) is 0 Å². The van der Waals surface area contributed by atoms with Crippen LogP contribution in [0.1, 0.15) is 0 Å². The maximum Gasteiger partial charge on any atom is 0.229 e. The number of aromatic amines is 1. The molecule has 0 bridgehead atoms. The summed E-state index contributed by atoms with van der Waals surface area (Å²) in [6.45, 7) is 2.00. The number of nitrogens with one attached hydrogen (secondary N) is 2. The maximum atomic E-state index is 5.58. The number of fused-ring (bicyclic) bond motifs is 1. The number of aromatic nitrogens is 4. The lowest BCUT2D eigenvalue weighted by molar-refractivity contribution is 0.0540. The smallest absolute Gasteiger partial charge is 0.229 e. The van der Waals surface area contributed by atoms with Crippen LogP contribution in [0, 0.1) is 0 Å². The highest BCUT2D eigenvalue weighted by molar-refractivity contribution is 5.80. The molecule has 0 aromatic carbocycles. The molecular weight excluding hydrogens is 250 g/mol. The van der Waals surface area contributed by atoms with Crippen molar-refractivity contribution < 1.29 is 14.2 Å². The summed E-state index contributed by atoms with van der Waals surface area (Å²) in [6, 6.07) is 0. The first-order valence-corrected chi connectivity index (χ1v) is 5.93. The molecular formula is C11H17N5O3. The Kier molecular flexibility index (Phi) is 4.87. The molecule has 0 unspecified atom stereocenters. The Morgan fingerprint density at radius 3 is 2.84 bits per heavy atom. The zero-order valence-electron chi connectivity index (χ0n) is 11.0. The summed E-state index contributed by atoms with van der Waals surface area (Å²) < 4.78 is 15.8. The third-order valence-electron chi connectivity index (χ3n) is 2.40. The normalized spacial score (nSPS) is 10.8. The van der Waals surface area contributed by atoms with E-state index in [0.717, 1.165) is 5.39 Å². The predicted molar refractivity (Wildman–Crippen MR) is 69.4 cm³/mol. The number of rotatable bonds is 8. The Morgan fingerprint density at radius 2 is 2.05 bits per heavy atom. The number of H-pyrrole nitrogens is 1. The van der Waals surface area contributed by atoms with Gasteiger partial charge in [0.05, 0.1) is 26.0 Å². The summed E-state index contributed by atoms with van der Waals surface area (Å²) >= 11 is 0. The minimum Gasteiger partial charge on any atom is -0.475 e. The van der Waals surface area contributed by atoms with Gasteiger partial charge in [-0.2, -0.15) is 15.1 Å². The fraction of sp³-hybridized carbons (Fsp3) is 0.545. The first-order valence-electron chi connectivity index (χ1n) is 5.93. The van der Waals surface area contributed by atoms with E-state index >= 15 is 0 Å². The van der Waals surface area contributed by atoms with Crippen LogP contribution in [0.25, 0.3) is 11.0 Å². The molecule has 0 saturated carbocycles. The Labute approximate surface area is 110 Å². The first-order chi connectivity index (χ1) is 9.35. The number of ether oxygens (including phenoxy) is 3. The molecule has 2 N–H and O–H groups in total. The summed E-state index contributed by atoms with van der Waals surface area (Å²) in [5.74, 6) is 0.963. The van der Waals surface area contributed by atoms with Crippen LogP contribution in [0.5, 0.6) is 5.88 Å². The lowest BCUT2D eigenvalue weighted by atomic mass is 10.4. The van der Waals surface area contributed by atoms with Crippen molar-refractivity contribution in [1.82, 2.24) is 20.2 Å². The van der Waals surface area contributed by atoms with Crippen molar-refractivity contribution in [1.29, 1.82) is 0 Å². The average Bonchev–Trinajstić information content (AvgIpc) is 2.90. The summed E-state index contributed by atoms with van der Waals surface area (Å²) in [7, 11) is 3.38. The van der Waals surface area contributed by atoms with Crippen LogP contribution in [0.4, 0.5) is 5.95 Å². The Bertz CT molecular complexity index is 516. The van der Waals surface area contributed by atoms with E-state index in [2.05, 4.69) is 25.5 Å². The van der Waals surface area contributed by atoms with Gasteiger partial charge in [-0.25, -0.2) is 0 Å². The van der Waals surface area contributed by atoms with Crippen LogP contribution in [-0.2, 0) is 9.47 Å². The quantitative estimate of drug-likeness (QED) is 0.670. The molecule has 8 nitrogen and oxygen atoms in total. The number of hydrogen-bond acceptors (Lipinski definition) is 7. The van der Waals surface area contributed by atoms with Gasteiger partial charge < -0.3 is 19.5 Å². The minimum atomic E-state index is 0.407. The van der Waals surface area contributed by atoms with Crippen molar-refractivity contribution in [2.45, 2.75) is 0 Å². The van der Waals surface area contributed by atoms with Crippen molar-refractivity contribution in [2.24, 2.45) is 0 Å². The van der Waals surface area contributed by atoms with E-state index in [-0.39, 0.29) is 0 Å². The predicted octanol–water partition coefficient (Wildman–Crippen LogP) is 0.436. The highest BCUT2D eigenvalue weighted by atomic mass is 16.5. The molecule has 19 heavy (non-hydrogen) atoms. The molecule has 0 fully saturated rings. The van der Waals surface area contributed by atoms with Crippen LogP contribution in [0.15, 0.2) is 6.20 Å². The molecule has 2 aromatic heterocycles. The van der Waals surface area contributed by atoms with Gasteiger partial charge in [0.2, 0.25) is 11.8 Å². The van der Waals surface area contributed by atoms with Gasteiger partial charge in [0, 0.05) is 14.2 Å². The standard InChI is InChI=1S/C11H17N5O3/c1-12-11-14-9-8(7-13-16-9)10(15-11)19-6-5-18-4-3-17-2/h7H,3-6H2,1-2H3,(H2,12,13,14,15,16). The molecule has 2 rings (SSSR count). The van der Waals surface area contributed by atoms with E-state index in [4.69, 9.17) is 14.2 Å². The number of anilines is 1. The highest BCUT2D eigenvalue weighted by Crippen LogP contribution is 2.21. The van der Waals surface area contributed by atoms with Gasteiger partial charge in [0.25, 0.3) is 0 Å². The number of nitrogens with zero attached hydrogens (tertiary/aromatic N) is 3. The molecule has 0 aliphatic heterocycles. The molecule has 2 heterocycles. The minimum absolute atomic E-state index is 0.407. The molecule has 0 aliphatic carbocycles. The van der Waals surface area contributed by atoms with E-state index in [1.165, 1.54) is 0 Å². The first kappa shape index (κ1) is 13.5. The topological polar surface area (TPSA) is 94.2 Å². The van der Waals surface area contributed by atoms with Gasteiger partial charge in [-0.15, -0.1) is 0 Å². The zero-order chi connectivity index (χ0) is 13.5. The summed E-state index contributed by atoms with van der Waals surface area (Å²) in [4.78, 5) is 8.46. The monoisotopic (exact) mass is 267 g/mol. The SMILES string of the molecule is CNc1nc(OCCOCCOC)c2cn[nH]c2n1. The Balaban J connectivity index is 1.93. The maximum absolute atomic E-state index is 5.58. The number of hydrogen-bond donors (Lipinski definition) is 2. The lowest BCUT2D eigenvalue weighted by Crippen LogP contribution is -2.11. The fourth-order valence-electron chi connectivity index (χ4n) is 1.47. The van der Waals surface area contributed by atoms with Crippen molar-refractivity contribution in [3.63, 3.8) is 0 Å². The van der Waals surface area contributed by atoms with Gasteiger partial charge >= 0.3 is 0 Å². The van der Waals surface area contributed by atoms with Crippen LogP contribution in [-0.4, -0.2) is 60.8 Å². The molecule has 0 radical (unpaired) electrons. The summed E-state index contributed by atoms with van der Waals surface area (Å²) in [5, 5.41) is 10.3. The van der Waals surface area contributed by atoms with E-state index in [0.29, 0.717) is 43.9 Å². The molecule has 8 heteroatoms. The third kappa shape index (κ3) is 3.52. The Hall–Kier alpha value is -1.93. The second-order valence-electron chi connectivity index (χ2n) is 3.69. The molecule has 104 valence electrons. The Morgan fingerprint density at radius 1 is 1.21 bits per heavy atom. The van der Waals surface area contributed by atoms with Crippen LogP contribution in [0.2, 0.25) is 0 Å². The molecule has 0 aliphatic rings. The molecule has 0 saturated heterocycles. The highest BCUT2D eigenvalue weighted by Gasteiger charge is 2.09. The van der Waals surface area contributed by atoms with Crippen molar-refractivity contribution in [3.05, 3.63) is 6.20 Å². The van der Waals surface area contributed by atoms with E-state index in [1.54, 1.807) is 20.4 Å². The molecule has 2 aromatic rings. The fourth-order valence-corrected chi connectivity index (χ4v) is 1.47. The van der Waals surface area contributed by atoms with E-state index < -0.39 is 0 Å². The molecule has 0 atom stereocenters. The number of methoxy groups -OCH3 is 1. The zero-order valence-corrected chi connectivity index (χ0v) is 11.0. The summed E-state index contributed by atoms with van der Waals surface area (Å²) in [5.41, 5.74) is 0.634. The van der Waals surface area contributed by atoms with Gasteiger partial charge in [0.15, 0.2) is 5.65 Å². The largest absolute Gasteiger partial charge is 0.475 e. The lowest BCUT2D eigenvalue weighted by Gasteiger charge is -2.08. The van der Waals surface area contributed by atoms with Crippen LogP contribution < -0.4 is 10.1 Å². The third-order valence-corrected chi connectivity index (χ3v) is 2.40. The second kappa shape index (κ2) is 6.86. The van der Waals surface area contributed by atoms with E-state index in [9.17, 15) is 0 Å². The molecule has 0 spiro atoms. The van der Waals surface area contributed by atoms with Crippen molar-refractivity contribution in [3.8, 4) is 5.88 Å². The average molecular weight is 267 g/mol. The van der Waals surface area contributed by atoms with Gasteiger partial charge in [0.1, 0.15) is 12.0 Å². The van der Waals surface area contributed by atoms with Crippen molar-refractivity contribution in [2.75, 3.05) is 45.9 Å². The van der Waals surface area contributed by atoms with Gasteiger partial charge in [-0.1, -0.05) is 0 Å².